The Morgan fingerprint density at radius 2 is 2.00 bits per heavy atom. The molecular weight excluding hydrogens is 386 g/mol. The molecule has 0 aliphatic heterocycles. The second kappa shape index (κ2) is 9.44. The van der Waals surface area contributed by atoms with E-state index < -0.39 is 4.92 Å². The van der Waals surface area contributed by atoms with Gasteiger partial charge >= 0.3 is 5.69 Å². The van der Waals surface area contributed by atoms with Crippen LogP contribution in [0.2, 0.25) is 0 Å². The van der Waals surface area contributed by atoms with E-state index in [1.807, 2.05) is 12.1 Å². The predicted molar refractivity (Wildman–Crippen MR) is 113 cm³/mol. The first kappa shape index (κ1) is 20.7. The number of methoxy groups -OCH3 is 1. The summed E-state index contributed by atoms with van der Waals surface area (Å²) < 4.78 is 4.96. The average Bonchev–Trinajstić information content (AvgIpc) is 2.78. The molecule has 152 valence electrons. The minimum atomic E-state index is -0.593. The van der Waals surface area contributed by atoms with Crippen LogP contribution in [0.25, 0.3) is 6.08 Å². The molecule has 2 aromatic carbocycles. The lowest BCUT2D eigenvalue weighted by Crippen LogP contribution is -2.00. The number of aliphatic hydroxyl groups excluding tert-OH is 1. The number of rotatable bonds is 8. The summed E-state index contributed by atoms with van der Waals surface area (Å²) in [4.78, 5) is 27.4. The molecule has 30 heavy (non-hydrogen) atoms. The van der Waals surface area contributed by atoms with E-state index in [1.165, 1.54) is 31.4 Å². The molecule has 0 fully saturated rings. The van der Waals surface area contributed by atoms with Crippen molar-refractivity contribution in [3.63, 3.8) is 0 Å². The van der Waals surface area contributed by atoms with Gasteiger partial charge in [-0.2, -0.15) is 0 Å². The van der Waals surface area contributed by atoms with Gasteiger partial charge in [-0.25, -0.2) is 4.98 Å². The Bertz CT molecular complexity index is 1090. The molecule has 0 aliphatic carbocycles. The molecule has 1 aromatic heterocycles. The largest absolute Gasteiger partial charge is 0.490 e. The predicted octanol–water partition coefficient (Wildman–Crippen LogP) is 4.13. The van der Waals surface area contributed by atoms with E-state index in [0.717, 1.165) is 11.3 Å². The summed E-state index contributed by atoms with van der Waals surface area (Å²) >= 11 is 0. The van der Waals surface area contributed by atoms with Gasteiger partial charge in [0, 0.05) is 29.1 Å². The maximum Gasteiger partial charge on any atom is 0.311 e. The number of aliphatic hydroxyl groups is 1. The van der Waals surface area contributed by atoms with Crippen LogP contribution in [-0.4, -0.2) is 27.9 Å². The molecule has 8 heteroatoms. The van der Waals surface area contributed by atoms with Crippen LogP contribution < -0.4 is 10.1 Å². The minimum absolute atomic E-state index is 0.0382. The van der Waals surface area contributed by atoms with Crippen LogP contribution >= 0.6 is 0 Å². The van der Waals surface area contributed by atoms with Crippen molar-refractivity contribution in [3.8, 4) is 5.75 Å². The Kier molecular flexibility index (Phi) is 6.51. The van der Waals surface area contributed by atoms with Gasteiger partial charge < -0.3 is 15.2 Å². The fourth-order valence-corrected chi connectivity index (χ4v) is 2.73. The molecule has 3 aromatic rings. The number of hydrogen-bond acceptors (Lipinski definition) is 7. The van der Waals surface area contributed by atoms with Crippen LogP contribution in [0.5, 0.6) is 5.75 Å². The van der Waals surface area contributed by atoms with E-state index in [2.05, 4.69) is 10.3 Å². The first-order chi connectivity index (χ1) is 14.5. The van der Waals surface area contributed by atoms with E-state index in [0.29, 0.717) is 11.4 Å². The van der Waals surface area contributed by atoms with Crippen LogP contribution in [0.4, 0.5) is 17.2 Å². The summed E-state index contributed by atoms with van der Waals surface area (Å²) in [5.41, 5.74) is 2.14. The van der Waals surface area contributed by atoms with Gasteiger partial charge in [-0.05, 0) is 54.1 Å². The highest BCUT2D eigenvalue weighted by Crippen LogP contribution is 2.28. The lowest BCUT2D eigenvalue weighted by atomic mass is 10.1. The number of anilines is 2. The molecule has 0 radical (unpaired) electrons. The quantitative estimate of drug-likeness (QED) is 0.251. The van der Waals surface area contributed by atoms with Gasteiger partial charge in [-0.3, -0.25) is 14.9 Å². The highest BCUT2D eigenvalue weighted by molar-refractivity contribution is 6.07. The Balaban J connectivity index is 1.81. The van der Waals surface area contributed by atoms with Crippen molar-refractivity contribution in [2.45, 2.75) is 6.61 Å². The number of aromatic nitrogens is 1. The fourth-order valence-electron chi connectivity index (χ4n) is 2.73. The van der Waals surface area contributed by atoms with Gasteiger partial charge in [-0.15, -0.1) is 0 Å². The number of ketones is 1. The number of carbonyl (C=O) groups excluding carboxylic acids is 1. The van der Waals surface area contributed by atoms with E-state index in [4.69, 9.17) is 9.84 Å². The summed E-state index contributed by atoms with van der Waals surface area (Å²) in [5, 5.41) is 23.5. The van der Waals surface area contributed by atoms with Gasteiger partial charge in [0.25, 0.3) is 0 Å². The van der Waals surface area contributed by atoms with Gasteiger partial charge in [-0.1, -0.05) is 12.1 Å². The first-order valence-corrected chi connectivity index (χ1v) is 8.98. The molecule has 2 N–H and O–H groups in total. The van der Waals surface area contributed by atoms with Crippen molar-refractivity contribution in [1.29, 1.82) is 0 Å². The number of allylic oxidation sites excluding steroid dienone is 1. The molecule has 0 bridgehead atoms. The Hall–Kier alpha value is -4.04. The third-order valence-electron chi connectivity index (χ3n) is 4.31. The molecule has 0 saturated heterocycles. The Morgan fingerprint density at radius 1 is 1.23 bits per heavy atom. The van der Waals surface area contributed by atoms with Crippen LogP contribution in [0.15, 0.2) is 66.9 Å². The van der Waals surface area contributed by atoms with Crippen LogP contribution in [0.3, 0.4) is 0 Å². The topological polar surface area (TPSA) is 115 Å². The van der Waals surface area contributed by atoms with Crippen molar-refractivity contribution in [2.24, 2.45) is 0 Å². The van der Waals surface area contributed by atoms with Gasteiger partial charge in [0.15, 0.2) is 11.5 Å². The van der Waals surface area contributed by atoms with Crippen LogP contribution in [0.1, 0.15) is 21.5 Å². The zero-order valence-electron chi connectivity index (χ0n) is 16.1. The van der Waals surface area contributed by atoms with Crippen molar-refractivity contribution in [3.05, 3.63) is 93.7 Å². The molecular formula is C22H19N3O5. The zero-order chi connectivity index (χ0) is 21.5. The lowest BCUT2D eigenvalue weighted by Gasteiger charge is -2.09. The Morgan fingerprint density at radius 3 is 2.67 bits per heavy atom. The smallest absolute Gasteiger partial charge is 0.311 e. The minimum Gasteiger partial charge on any atom is -0.490 e. The molecule has 0 atom stereocenters. The third kappa shape index (κ3) is 4.86. The summed E-state index contributed by atoms with van der Waals surface area (Å²) in [6.07, 6.45) is 4.55. The van der Waals surface area contributed by atoms with Crippen molar-refractivity contribution in [2.75, 3.05) is 12.4 Å². The maximum atomic E-state index is 12.5. The SMILES string of the molecule is COc1ccc(C(=O)C=Cc2cccnc2Nc2ccc(CO)cc2)cc1[N+](=O)[O-]. The van der Waals surface area contributed by atoms with Crippen LogP contribution in [-0.2, 0) is 6.61 Å². The van der Waals surface area contributed by atoms with Crippen molar-refractivity contribution < 1.29 is 19.6 Å². The summed E-state index contributed by atoms with van der Waals surface area (Å²) in [6, 6.07) is 14.8. The van der Waals surface area contributed by atoms with E-state index in [9.17, 15) is 14.9 Å². The zero-order valence-corrected chi connectivity index (χ0v) is 16.1. The summed E-state index contributed by atoms with van der Waals surface area (Å²) in [6.45, 7) is -0.0382. The standard InChI is InChI=1S/C22H19N3O5/c1-30-21-11-7-17(13-19(21)25(28)29)20(27)10-6-16-3-2-12-23-22(16)24-18-8-4-15(14-26)5-9-18/h2-13,26H,14H2,1H3,(H,23,24). The second-order valence-corrected chi connectivity index (χ2v) is 6.26. The molecule has 0 saturated carbocycles. The first-order valence-electron chi connectivity index (χ1n) is 8.98. The van der Waals surface area contributed by atoms with Gasteiger partial charge in [0.2, 0.25) is 0 Å². The van der Waals surface area contributed by atoms with Crippen molar-refractivity contribution >= 4 is 29.1 Å². The number of benzene rings is 2. The highest BCUT2D eigenvalue weighted by Gasteiger charge is 2.17. The molecule has 0 unspecified atom stereocenters. The number of ether oxygens (including phenoxy) is 1. The van der Waals surface area contributed by atoms with E-state index in [1.54, 1.807) is 36.5 Å². The molecule has 0 spiro atoms. The maximum absolute atomic E-state index is 12.5. The Labute approximate surface area is 172 Å². The number of pyridine rings is 1. The van der Waals surface area contributed by atoms with E-state index in [-0.39, 0.29) is 29.4 Å². The monoisotopic (exact) mass is 405 g/mol. The van der Waals surface area contributed by atoms with Crippen molar-refractivity contribution in [1.82, 2.24) is 4.98 Å². The fraction of sp³-hybridized carbons (Fsp3) is 0.0909. The number of nitrogens with one attached hydrogen (secondary N) is 1. The molecule has 0 amide bonds. The molecule has 8 nitrogen and oxygen atoms in total. The normalized spacial score (nSPS) is 10.7. The number of nitro benzene ring substituents is 1. The third-order valence-corrected chi connectivity index (χ3v) is 4.31. The lowest BCUT2D eigenvalue weighted by molar-refractivity contribution is -0.385. The van der Waals surface area contributed by atoms with Crippen LogP contribution in [0, 0.1) is 10.1 Å². The number of carbonyl (C=O) groups is 1. The second-order valence-electron chi connectivity index (χ2n) is 6.26. The molecule has 0 aliphatic rings. The highest BCUT2D eigenvalue weighted by atomic mass is 16.6. The molecule has 1 heterocycles. The average molecular weight is 405 g/mol. The number of hydrogen-bond donors (Lipinski definition) is 2. The molecule has 3 rings (SSSR count). The van der Waals surface area contributed by atoms with Gasteiger partial charge in [0.1, 0.15) is 5.82 Å². The summed E-state index contributed by atoms with van der Waals surface area (Å²) in [5.74, 6) is 0.244. The number of nitrogens with zero attached hydrogens (tertiary/aromatic N) is 2. The van der Waals surface area contributed by atoms with E-state index >= 15 is 0 Å². The summed E-state index contributed by atoms with van der Waals surface area (Å²) in [7, 11) is 1.33. The van der Waals surface area contributed by atoms with Gasteiger partial charge in [0.05, 0.1) is 18.6 Å². The number of nitro groups is 1.